The van der Waals surface area contributed by atoms with Gasteiger partial charge in [0.2, 0.25) is 11.8 Å². The maximum Gasteiger partial charge on any atom is 0.252 e. The number of nitrogens with zero attached hydrogens (tertiary/aromatic N) is 1. The van der Waals surface area contributed by atoms with Crippen LogP contribution in [-0.2, 0) is 16.0 Å². The third-order valence-electron chi connectivity index (χ3n) is 7.16. The van der Waals surface area contributed by atoms with Gasteiger partial charge in [0.1, 0.15) is 6.04 Å². The number of carbonyl (C=O) groups is 3. The van der Waals surface area contributed by atoms with Gasteiger partial charge in [0, 0.05) is 31.1 Å². The molecule has 1 aliphatic heterocycles. The van der Waals surface area contributed by atoms with Gasteiger partial charge >= 0.3 is 0 Å². The lowest BCUT2D eigenvalue weighted by atomic mass is 9.87. The van der Waals surface area contributed by atoms with Crippen molar-refractivity contribution in [3.05, 3.63) is 71.3 Å². The maximum atomic E-state index is 13.3. The summed E-state index contributed by atoms with van der Waals surface area (Å²) in [4.78, 5) is 41.0. The molecule has 2 atom stereocenters. The molecule has 188 valence electrons. The monoisotopic (exact) mass is 477 g/mol. The predicted molar refractivity (Wildman–Crippen MR) is 139 cm³/mol. The van der Waals surface area contributed by atoms with E-state index in [-0.39, 0.29) is 35.6 Å². The smallest absolute Gasteiger partial charge is 0.252 e. The van der Waals surface area contributed by atoms with Crippen molar-refractivity contribution in [2.75, 3.05) is 13.1 Å². The molecule has 2 aromatic carbocycles. The van der Waals surface area contributed by atoms with Gasteiger partial charge in [-0.2, -0.15) is 0 Å². The summed E-state index contributed by atoms with van der Waals surface area (Å²) in [6, 6.07) is 16.8. The summed E-state index contributed by atoms with van der Waals surface area (Å²) < 4.78 is 0. The number of amides is 3. The van der Waals surface area contributed by atoms with E-state index in [0.717, 1.165) is 17.5 Å². The Morgan fingerprint density at radius 3 is 2.17 bits per heavy atom. The van der Waals surface area contributed by atoms with Crippen molar-refractivity contribution in [1.29, 1.82) is 0 Å². The highest BCUT2D eigenvalue weighted by Gasteiger charge is 2.34. The first kappa shape index (κ1) is 26.5. The van der Waals surface area contributed by atoms with Crippen LogP contribution in [0.25, 0.3) is 0 Å². The Balaban J connectivity index is 1.64. The van der Waals surface area contributed by atoms with Gasteiger partial charge in [-0.05, 0) is 62.1 Å². The first-order valence-electron chi connectivity index (χ1n) is 12.7. The molecular formula is C29H39N3O3. The van der Waals surface area contributed by atoms with Crippen molar-refractivity contribution in [3.63, 3.8) is 0 Å². The van der Waals surface area contributed by atoms with E-state index >= 15 is 0 Å². The lowest BCUT2D eigenvalue weighted by molar-refractivity contribution is -0.133. The van der Waals surface area contributed by atoms with E-state index < -0.39 is 6.04 Å². The lowest BCUT2D eigenvalue weighted by Gasteiger charge is -2.36. The summed E-state index contributed by atoms with van der Waals surface area (Å²) in [5.41, 5.74) is 2.61. The number of benzene rings is 2. The molecule has 35 heavy (non-hydrogen) atoms. The van der Waals surface area contributed by atoms with Crippen LogP contribution in [0.4, 0.5) is 0 Å². The summed E-state index contributed by atoms with van der Waals surface area (Å²) in [6.07, 6.45) is 2.57. The average Bonchev–Trinajstić information content (AvgIpc) is 2.86. The Hall–Kier alpha value is -3.15. The Labute approximate surface area is 209 Å². The highest BCUT2D eigenvalue weighted by atomic mass is 16.2. The first-order valence-corrected chi connectivity index (χ1v) is 12.7. The molecule has 0 aliphatic carbocycles. The number of carbonyl (C=O) groups excluding carboxylic acids is 3. The Morgan fingerprint density at radius 1 is 0.914 bits per heavy atom. The fourth-order valence-corrected chi connectivity index (χ4v) is 4.46. The molecule has 2 aromatic rings. The third-order valence-corrected chi connectivity index (χ3v) is 7.16. The first-order chi connectivity index (χ1) is 16.8. The molecule has 1 heterocycles. The second-order valence-electron chi connectivity index (χ2n) is 10.0. The fraction of sp³-hybridized carbons (Fsp3) is 0.483. The van der Waals surface area contributed by atoms with Gasteiger partial charge in [-0.25, -0.2) is 0 Å². The standard InChI is InChI=1S/C29H39N3O3/c1-20(2)22(4)30-29(35)27(31-28(34)25-13-9-8-10-21(25)3)24-16-18-32(19-17-24)26(33)15-14-23-11-6-5-7-12-23/h5-13,20,22,24,27H,14-19H2,1-4H3,(H,30,35)(H,31,34)/t22-,27-/m0/s1. The minimum atomic E-state index is -0.634. The van der Waals surface area contributed by atoms with E-state index in [4.69, 9.17) is 0 Å². The summed E-state index contributed by atoms with van der Waals surface area (Å²) in [6.45, 7) is 9.20. The van der Waals surface area contributed by atoms with E-state index in [9.17, 15) is 14.4 Å². The molecule has 0 unspecified atom stereocenters. The van der Waals surface area contributed by atoms with Gasteiger partial charge in [0.15, 0.2) is 0 Å². The maximum absolute atomic E-state index is 13.3. The summed E-state index contributed by atoms with van der Waals surface area (Å²) in [5.74, 6) is 0.0192. The number of rotatable bonds is 9. The van der Waals surface area contributed by atoms with Crippen LogP contribution in [0.3, 0.4) is 0 Å². The zero-order valence-electron chi connectivity index (χ0n) is 21.4. The number of likely N-dealkylation sites (tertiary alicyclic amines) is 1. The van der Waals surface area contributed by atoms with Crippen LogP contribution in [0.5, 0.6) is 0 Å². The van der Waals surface area contributed by atoms with Crippen LogP contribution >= 0.6 is 0 Å². The molecule has 2 N–H and O–H groups in total. The number of hydrogen-bond acceptors (Lipinski definition) is 3. The predicted octanol–water partition coefficient (Wildman–Crippen LogP) is 4.13. The van der Waals surface area contributed by atoms with Crippen LogP contribution in [0.2, 0.25) is 0 Å². The molecule has 6 heteroatoms. The summed E-state index contributed by atoms with van der Waals surface area (Å²) in [7, 11) is 0. The topological polar surface area (TPSA) is 78.5 Å². The molecule has 0 bridgehead atoms. The molecule has 0 radical (unpaired) electrons. The van der Waals surface area contributed by atoms with E-state index in [1.165, 1.54) is 0 Å². The van der Waals surface area contributed by atoms with Gasteiger partial charge in [0.25, 0.3) is 5.91 Å². The molecule has 3 rings (SSSR count). The number of nitrogens with one attached hydrogen (secondary N) is 2. The van der Waals surface area contributed by atoms with E-state index in [1.54, 1.807) is 6.07 Å². The zero-order valence-corrected chi connectivity index (χ0v) is 21.4. The highest BCUT2D eigenvalue weighted by molar-refractivity contribution is 5.98. The SMILES string of the molecule is Cc1ccccc1C(=O)N[C@H](C(=O)N[C@@H](C)C(C)C)C1CCN(C(=O)CCc2ccccc2)CC1. The molecule has 3 amide bonds. The van der Waals surface area contributed by atoms with Crippen LogP contribution in [0, 0.1) is 18.8 Å². The van der Waals surface area contributed by atoms with E-state index in [2.05, 4.69) is 24.5 Å². The molecule has 1 aliphatic rings. The van der Waals surface area contributed by atoms with Crippen molar-refractivity contribution in [2.24, 2.45) is 11.8 Å². The summed E-state index contributed by atoms with van der Waals surface area (Å²) in [5, 5.41) is 6.11. The van der Waals surface area contributed by atoms with E-state index in [1.807, 2.05) is 67.3 Å². The number of aryl methyl sites for hydroxylation is 2. The van der Waals surface area contributed by atoms with Crippen LogP contribution in [0.15, 0.2) is 54.6 Å². The van der Waals surface area contributed by atoms with Crippen LogP contribution in [-0.4, -0.2) is 47.8 Å². The molecule has 0 saturated carbocycles. The Bertz CT molecular complexity index is 997. The van der Waals surface area contributed by atoms with Crippen LogP contribution in [0.1, 0.15) is 61.5 Å². The molecular weight excluding hydrogens is 438 g/mol. The van der Waals surface area contributed by atoms with Crippen molar-refractivity contribution < 1.29 is 14.4 Å². The van der Waals surface area contributed by atoms with Crippen LogP contribution < -0.4 is 10.6 Å². The minimum Gasteiger partial charge on any atom is -0.352 e. The average molecular weight is 478 g/mol. The summed E-state index contributed by atoms with van der Waals surface area (Å²) >= 11 is 0. The van der Waals surface area contributed by atoms with Crippen molar-refractivity contribution in [3.8, 4) is 0 Å². The van der Waals surface area contributed by atoms with Crippen molar-refractivity contribution in [2.45, 2.75) is 65.5 Å². The molecule has 1 fully saturated rings. The lowest BCUT2D eigenvalue weighted by Crippen LogP contribution is -2.55. The minimum absolute atomic E-state index is 0.0000156. The Kier molecular flexibility index (Phi) is 9.47. The van der Waals surface area contributed by atoms with Crippen molar-refractivity contribution >= 4 is 17.7 Å². The quantitative estimate of drug-likeness (QED) is 0.570. The molecule has 0 aromatic heterocycles. The van der Waals surface area contributed by atoms with Gasteiger partial charge in [-0.3, -0.25) is 14.4 Å². The molecule has 1 saturated heterocycles. The molecule has 0 spiro atoms. The van der Waals surface area contributed by atoms with Gasteiger partial charge in [0.05, 0.1) is 0 Å². The number of piperidine rings is 1. The van der Waals surface area contributed by atoms with Gasteiger partial charge in [-0.15, -0.1) is 0 Å². The fourth-order valence-electron chi connectivity index (χ4n) is 4.46. The van der Waals surface area contributed by atoms with Gasteiger partial charge in [-0.1, -0.05) is 62.4 Å². The van der Waals surface area contributed by atoms with Gasteiger partial charge < -0.3 is 15.5 Å². The Morgan fingerprint density at radius 2 is 1.54 bits per heavy atom. The van der Waals surface area contributed by atoms with Crippen molar-refractivity contribution in [1.82, 2.24) is 15.5 Å². The highest BCUT2D eigenvalue weighted by Crippen LogP contribution is 2.23. The number of hydrogen-bond donors (Lipinski definition) is 2. The third kappa shape index (κ3) is 7.41. The second-order valence-corrected chi connectivity index (χ2v) is 10.0. The second kappa shape index (κ2) is 12.5. The zero-order chi connectivity index (χ0) is 25.4. The normalized spacial score (nSPS) is 16.0. The molecule has 6 nitrogen and oxygen atoms in total. The largest absolute Gasteiger partial charge is 0.352 e. The van der Waals surface area contributed by atoms with E-state index in [0.29, 0.717) is 37.9 Å².